The summed E-state index contributed by atoms with van der Waals surface area (Å²) in [6.07, 6.45) is 0. The number of hydrogen-bond donors (Lipinski definition) is 2. The Morgan fingerprint density at radius 1 is 1.00 bits per heavy atom. The van der Waals surface area contributed by atoms with Crippen LogP contribution in [0.2, 0.25) is 0 Å². The Bertz CT molecular complexity index is 330. The first-order valence-electron chi connectivity index (χ1n) is 4.23. The van der Waals surface area contributed by atoms with Crippen molar-refractivity contribution in [3.8, 4) is 0 Å². The average molecular weight is 192 g/mol. The van der Waals surface area contributed by atoms with Gasteiger partial charge in [-0.3, -0.25) is 9.59 Å². The van der Waals surface area contributed by atoms with E-state index >= 15 is 0 Å². The molecule has 1 rings (SSSR count). The zero-order valence-corrected chi connectivity index (χ0v) is 8.13. The van der Waals surface area contributed by atoms with Gasteiger partial charge in [0.05, 0.1) is 0 Å². The second-order valence-electron chi connectivity index (χ2n) is 2.74. The second kappa shape index (κ2) is 4.41. The van der Waals surface area contributed by atoms with E-state index in [0.29, 0.717) is 11.1 Å². The molecule has 1 aromatic carbocycles. The molecule has 0 heterocycles. The van der Waals surface area contributed by atoms with Crippen LogP contribution in [-0.2, 0) is 0 Å². The summed E-state index contributed by atoms with van der Waals surface area (Å²) >= 11 is 0. The fourth-order valence-electron chi connectivity index (χ4n) is 1.09. The van der Waals surface area contributed by atoms with E-state index in [1.807, 2.05) is 0 Å². The Kier molecular flexibility index (Phi) is 3.23. The van der Waals surface area contributed by atoms with Crippen molar-refractivity contribution in [1.29, 1.82) is 0 Å². The van der Waals surface area contributed by atoms with Crippen molar-refractivity contribution in [3.05, 3.63) is 35.4 Å². The maximum atomic E-state index is 11.2. The molecule has 0 aliphatic rings. The molecular formula is C10H12N2O2. The minimum absolute atomic E-state index is 0.198. The quantitative estimate of drug-likeness (QED) is 0.712. The zero-order valence-electron chi connectivity index (χ0n) is 8.13. The number of amides is 2. The minimum atomic E-state index is -0.198. The van der Waals surface area contributed by atoms with Crippen molar-refractivity contribution in [2.24, 2.45) is 0 Å². The fraction of sp³-hybridized carbons (Fsp3) is 0.200. The van der Waals surface area contributed by atoms with Gasteiger partial charge in [0, 0.05) is 25.2 Å². The number of benzene rings is 1. The summed E-state index contributed by atoms with van der Waals surface area (Å²) in [6.45, 7) is 0. The lowest BCUT2D eigenvalue weighted by Gasteiger charge is -2.02. The number of hydrogen-bond acceptors (Lipinski definition) is 2. The number of rotatable bonds is 2. The van der Waals surface area contributed by atoms with Crippen LogP contribution < -0.4 is 10.6 Å². The Morgan fingerprint density at radius 2 is 1.43 bits per heavy atom. The van der Waals surface area contributed by atoms with Gasteiger partial charge in [0.1, 0.15) is 0 Å². The molecule has 0 fully saturated rings. The predicted molar refractivity (Wildman–Crippen MR) is 53.2 cm³/mol. The van der Waals surface area contributed by atoms with Crippen LogP contribution >= 0.6 is 0 Å². The van der Waals surface area contributed by atoms with E-state index < -0.39 is 0 Å². The first kappa shape index (κ1) is 10.2. The molecule has 0 saturated carbocycles. The predicted octanol–water partition coefficient (Wildman–Crippen LogP) is 0.406. The third-order valence-electron chi connectivity index (χ3n) is 1.84. The van der Waals surface area contributed by atoms with Gasteiger partial charge in [-0.15, -0.1) is 0 Å². The summed E-state index contributed by atoms with van der Waals surface area (Å²) in [4.78, 5) is 22.5. The highest BCUT2D eigenvalue weighted by molar-refractivity contribution is 5.99. The molecule has 1 aromatic rings. The van der Waals surface area contributed by atoms with Gasteiger partial charge in [0.2, 0.25) is 0 Å². The molecule has 0 bridgehead atoms. The third kappa shape index (κ3) is 2.10. The Hall–Kier alpha value is -1.84. The average Bonchev–Trinajstić information content (AvgIpc) is 2.27. The van der Waals surface area contributed by atoms with E-state index in [-0.39, 0.29) is 11.8 Å². The number of carbonyl (C=O) groups excluding carboxylic acids is 2. The normalized spacial score (nSPS) is 9.29. The molecule has 2 N–H and O–H groups in total. The molecule has 0 unspecified atom stereocenters. The number of carbonyl (C=O) groups is 2. The van der Waals surface area contributed by atoms with Crippen LogP contribution in [-0.4, -0.2) is 25.9 Å². The largest absolute Gasteiger partial charge is 0.355 e. The highest BCUT2D eigenvalue weighted by atomic mass is 16.2. The van der Waals surface area contributed by atoms with Gasteiger partial charge < -0.3 is 10.6 Å². The lowest BCUT2D eigenvalue weighted by Crippen LogP contribution is -2.21. The Balaban J connectivity index is 3.01. The minimum Gasteiger partial charge on any atom is -0.355 e. The maximum Gasteiger partial charge on any atom is 0.251 e. The molecule has 0 spiro atoms. The Labute approximate surface area is 82.3 Å². The van der Waals surface area contributed by atoms with E-state index in [1.165, 1.54) is 0 Å². The summed E-state index contributed by atoms with van der Waals surface area (Å²) in [6, 6.07) is 6.54. The standard InChI is InChI=1S/C10H12N2O2/c1-11-9(13)7-4-3-5-8(6-7)10(14)12-2/h3-6H,1-2H3,(H,11,13)(H,12,14). The van der Waals surface area contributed by atoms with Crippen molar-refractivity contribution >= 4 is 11.8 Å². The van der Waals surface area contributed by atoms with Crippen LogP contribution in [0.3, 0.4) is 0 Å². The molecule has 14 heavy (non-hydrogen) atoms. The van der Waals surface area contributed by atoms with Crippen LogP contribution in [0.15, 0.2) is 24.3 Å². The van der Waals surface area contributed by atoms with E-state index in [9.17, 15) is 9.59 Å². The molecule has 0 atom stereocenters. The molecule has 0 aliphatic heterocycles. The first-order chi connectivity index (χ1) is 6.69. The van der Waals surface area contributed by atoms with E-state index in [0.717, 1.165) is 0 Å². The van der Waals surface area contributed by atoms with Gasteiger partial charge in [-0.05, 0) is 18.2 Å². The van der Waals surface area contributed by atoms with Gasteiger partial charge in [0.15, 0.2) is 0 Å². The van der Waals surface area contributed by atoms with Gasteiger partial charge in [-0.1, -0.05) is 6.07 Å². The monoisotopic (exact) mass is 192 g/mol. The third-order valence-corrected chi connectivity index (χ3v) is 1.84. The van der Waals surface area contributed by atoms with Crippen molar-refractivity contribution in [3.63, 3.8) is 0 Å². The molecule has 4 nitrogen and oxygen atoms in total. The van der Waals surface area contributed by atoms with Crippen molar-refractivity contribution < 1.29 is 9.59 Å². The summed E-state index contributed by atoms with van der Waals surface area (Å²) in [7, 11) is 3.10. The zero-order chi connectivity index (χ0) is 10.6. The fourth-order valence-corrected chi connectivity index (χ4v) is 1.09. The molecule has 0 saturated heterocycles. The summed E-state index contributed by atoms with van der Waals surface area (Å²) in [5.41, 5.74) is 0.960. The molecule has 0 radical (unpaired) electrons. The number of nitrogens with one attached hydrogen (secondary N) is 2. The highest BCUT2D eigenvalue weighted by Crippen LogP contribution is 2.04. The SMILES string of the molecule is CNC(=O)c1cccc(C(=O)NC)c1. The molecular weight excluding hydrogens is 180 g/mol. The van der Waals surface area contributed by atoms with Crippen LogP contribution in [0.25, 0.3) is 0 Å². The highest BCUT2D eigenvalue weighted by Gasteiger charge is 2.07. The van der Waals surface area contributed by atoms with Gasteiger partial charge in [0.25, 0.3) is 11.8 Å². The second-order valence-corrected chi connectivity index (χ2v) is 2.74. The molecule has 74 valence electrons. The lowest BCUT2D eigenvalue weighted by atomic mass is 10.1. The van der Waals surface area contributed by atoms with Gasteiger partial charge in [-0.25, -0.2) is 0 Å². The molecule has 4 heteroatoms. The maximum absolute atomic E-state index is 11.2. The molecule has 0 aromatic heterocycles. The van der Waals surface area contributed by atoms with Crippen LogP contribution in [0.1, 0.15) is 20.7 Å². The van der Waals surface area contributed by atoms with E-state index in [2.05, 4.69) is 10.6 Å². The molecule has 2 amide bonds. The summed E-state index contributed by atoms with van der Waals surface area (Å²) in [5.74, 6) is -0.397. The summed E-state index contributed by atoms with van der Waals surface area (Å²) < 4.78 is 0. The van der Waals surface area contributed by atoms with Crippen LogP contribution in [0, 0.1) is 0 Å². The van der Waals surface area contributed by atoms with Crippen molar-refractivity contribution in [1.82, 2.24) is 10.6 Å². The lowest BCUT2D eigenvalue weighted by molar-refractivity contribution is 0.0962. The van der Waals surface area contributed by atoms with Crippen molar-refractivity contribution in [2.75, 3.05) is 14.1 Å². The van der Waals surface area contributed by atoms with E-state index in [1.54, 1.807) is 38.4 Å². The topological polar surface area (TPSA) is 58.2 Å². The van der Waals surface area contributed by atoms with Gasteiger partial charge >= 0.3 is 0 Å². The smallest absolute Gasteiger partial charge is 0.251 e. The van der Waals surface area contributed by atoms with Crippen LogP contribution in [0.4, 0.5) is 0 Å². The van der Waals surface area contributed by atoms with E-state index in [4.69, 9.17) is 0 Å². The Morgan fingerprint density at radius 3 is 1.79 bits per heavy atom. The first-order valence-corrected chi connectivity index (χ1v) is 4.23. The van der Waals surface area contributed by atoms with Crippen molar-refractivity contribution in [2.45, 2.75) is 0 Å². The van der Waals surface area contributed by atoms with Gasteiger partial charge in [-0.2, -0.15) is 0 Å². The molecule has 0 aliphatic carbocycles. The summed E-state index contributed by atoms with van der Waals surface area (Å²) in [5, 5.41) is 4.99. The van der Waals surface area contributed by atoms with Crippen LogP contribution in [0.5, 0.6) is 0 Å².